The highest BCUT2D eigenvalue weighted by atomic mass is 16.7. The fourth-order valence-electron chi connectivity index (χ4n) is 2.90. The molecular weight excluding hydrogens is 384 g/mol. The first-order valence-corrected chi connectivity index (χ1v) is 9.97. The number of oxime groups is 1. The summed E-state index contributed by atoms with van der Waals surface area (Å²) in [6.45, 7) is 2.49. The molecule has 0 saturated heterocycles. The first-order chi connectivity index (χ1) is 14.6. The second-order valence-corrected chi connectivity index (χ2v) is 7.03. The van der Waals surface area contributed by atoms with Crippen molar-refractivity contribution in [2.75, 3.05) is 13.7 Å². The zero-order chi connectivity index (χ0) is 21.3. The molecule has 1 aliphatic carbocycles. The average Bonchev–Trinajstić information content (AvgIpc) is 3.60. The molecule has 1 fully saturated rings. The summed E-state index contributed by atoms with van der Waals surface area (Å²) in [5, 5.41) is 13.9. The normalized spacial score (nSPS) is 15.4. The minimum absolute atomic E-state index is 0.00703. The Morgan fingerprint density at radius 1 is 1.23 bits per heavy atom. The maximum atomic E-state index is 11.8. The van der Waals surface area contributed by atoms with Crippen molar-refractivity contribution in [3.8, 4) is 0 Å². The Morgan fingerprint density at radius 3 is 2.57 bits per heavy atom. The SMILES string of the molecule is CCC(ON=C(OCC1CC1)c1ccccc1/C(=C\OC)C(=O)O)c1ccccn1. The van der Waals surface area contributed by atoms with Crippen molar-refractivity contribution >= 4 is 17.4 Å². The molecule has 158 valence electrons. The lowest BCUT2D eigenvalue weighted by Crippen LogP contribution is -2.15. The van der Waals surface area contributed by atoms with Gasteiger partial charge >= 0.3 is 5.97 Å². The number of aromatic nitrogens is 1. The smallest absolute Gasteiger partial charge is 0.339 e. The largest absolute Gasteiger partial charge is 0.503 e. The molecule has 3 rings (SSSR count). The summed E-state index contributed by atoms with van der Waals surface area (Å²) < 4.78 is 10.9. The van der Waals surface area contributed by atoms with Crippen molar-refractivity contribution in [2.45, 2.75) is 32.3 Å². The van der Waals surface area contributed by atoms with Crippen LogP contribution >= 0.6 is 0 Å². The minimum Gasteiger partial charge on any atom is -0.503 e. The first kappa shape index (κ1) is 21.4. The van der Waals surface area contributed by atoms with Gasteiger partial charge in [0.2, 0.25) is 0 Å². The summed E-state index contributed by atoms with van der Waals surface area (Å²) in [7, 11) is 1.41. The van der Waals surface area contributed by atoms with Gasteiger partial charge in [0.05, 0.1) is 25.7 Å². The van der Waals surface area contributed by atoms with Crippen LogP contribution in [0.3, 0.4) is 0 Å². The molecule has 7 heteroatoms. The van der Waals surface area contributed by atoms with Crippen molar-refractivity contribution < 1.29 is 24.2 Å². The lowest BCUT2D eigenvalue weighted by molar-refractivity contribution is -0.130. The fourth-order valence-corrected chi connectivity index (χ4v) is 2.90. The number of carbonyl (C=O) groups is 1. The topological polar surface area (TPSA) is 90.2 Å². The molecule has 30 heavy (non-hydrogen) atoms. The summed E-state index contributed by atoms with van der Waals surface area (Å²) in [5.74, 6) is -0.365. The summed E-state index contributed by atoms with van der Waals surface area (Å²) in [6, 6.07) is 12.6. The number of ether oxygens (including phenoxy) is 2. The van der Waals surface area contributed by atoms with E-state index in [2.05, 4.69) is 10.1 Å². The summed E-state index contributed by atoms with van der Waals surface area (Å²) in [4.78, 5) is 21.9. The Labute approximate surface area is 176 Å². The molecule has 0 radical (unpaired) electrons. The van der Waals surface area contributed by atoms with Gasteiger partial charge in [-0.3, -0.25) is 4.98 Å². The van der Waals surface area contributed by atoms with Gasteiger partial charge in [-0.25, -0.2) is 4.79 Å². The van der Waals surface area contributed by atoms with E-state index in [-0.39, 0.29) is 17.6 Å². The van der Waals surface area contributed by atoms with E-state index >= 15 is 0 Å². The Kier molecular flexibility index (Phi) is 7.43. The highest BCUT2D eigenvalue weighted by Crippen LogP contribution is 2.30. The number of benzene rings is 1. The number of nitrogens with zero attached hydrogens (tertiary/aromatic N) is 2. The van der Waals surface area contributed by atoms with Crippen LogP contribution in [0.4, 0.5) is 0 Å². The van der Waals surface area contributed by atoms with Gasteiger partial charge in [-0.2, -0.15) is 0 Å². The quantitative estimate of drug-likeness (QED) is 0.205. The van der Waals surface area contributed by atoms with E-state index in [0.29, 0.717) is 30.1 Å². The summed E-state index contributed by atoms with van der Waals surface area (Å²) in [5.41, 5.74) is 1.74. The van der Waals surface area contributed by atoms with Gasteiger partial charge in [-0.1, -0.05) is 31.2 Å². The Morgan fingerprint density at radius 2 is 1.97 bits per heavy atom. The molecule has 1 atom stereocenters. The standard InChI is InChI=1S/C23H26N2O5/c1-3-21(20-10-6-7-13-24-20)30-25-22(29-14-16-11-12-16)18-9-5-4-8-17(18)19(15-28-2)23(26)27/h4-10,13,15-16,21H,3,11-12,14H2,1-2H3,(H,26,27)/b19-15+,25-22?. The molecule has 0 aliphatic heterocycles. The Bertz CT molecular complexity index is 907. The van der Waals surface area contributed by atoms with Crippen molar-refractivity contribution in [3.63, 3.8) is 0 Å². The third kappa shape index (κ3) is 5.59. The second-order valence-electron chi connectivity index (χ2n) is 7.03. The first-order valence-electron chi connectivity index (χ1n) is 9.97. The molecule has 1 aromatic heterocycles. The molecule has 2 aromatic rings. The second kappa shape index (κ2) is 10.4. The number of rotatable bonds is 10. The maximum Gasteiger partial charge on any atom is 0.339 e. The molecule has 1 aliphatic rings. The Balaban J connectivity index is 1.94. The van der Waals surface area contributed by atoms with E-state index in [1.54, 1.807) is 30.5 Å². The van der Waals surface area contributed by atoms with Gasteiger partial charge in [0.1, 0.15) is 5.57 Å². The highest BCUT2D eigenvalue weighted by Gasteiger charge is 2.25. The lowest BCUT2D eigenvalue weighted by Gasteiger charge is -2.16. The van der Waals surface area contributed by atoms with Crippen LogP contribution in [-0.4, -0.2) is 35.7 Å². The highest BCUT2D eigenvalue weighted by molar-refractivity contribution is 6.18. The van der Waals surface area contributed by atoms with Crippen LogP contribution in [0.15, 0.2) is 60.1 Å². The van der Waals surface area contributed by atoms with Gasteiger partial charge < -0.3 is 19.4 Å². The third-order valence-corrected chi connectivity index (χ3v) is 4.72. The molecule has 1 aromatic carbocycles. The number of carboxylic acid groups (broad SMARTS) is 1. The van der Waals surface area contributed by atoms with Crippen LogP contribution < -0.4 is 0 Å². The van der Waals surface area contributed by atoms with E-state index in [1.807, 2.05) is 25.1 Å². The van der Waals surface area contributed by atoms with Crippen LogP contribution in [0.1, 0.15) is 49.1 Å². The van der Waals surface area contributed by atoms with E-state index < -0.39 is 5.97 Å². The molecule has 0 amide bonds. The number of carboxylic acids is 1. The van der Waals surface area contributed by atoms with E-state index in [1.165, 1.54) is 13.4 Å². The van der Waals surface area contributed by atoms with Crippen LogP contribution in [0, 0.1) is 5.92 Å². The monoisotopic (exact) mass is 410 g/mol. The molecule has 7 nitrogen and oxygen atoms in total. The predicted octanol–water partition coefficient (Wildman–Crippen LogP) is 4.41. The van der Waals surface area contributed by atoms with Crippen LogP contribution in [0.5, 0.6) is 0 Å². The lowest BCUT2D eigenvalue weighted by atomic mass is 10.0. The predicted molar refractivity (Wildman–Crippen MR) is 113 cm³/mol. The van der Waals surface area contributed by atoms with Crippen molar-refractivity contribution in [3.05, 3.63) is 71.7 Å². The van der Waals surface area contributed by atoms with Gasteiger partial charge in [0.15, 0.2) is 6.10 Å². The fraction of sp³-hybridized carbons (Fsp3) is 0.348. The van der Waals surface area contributed by atoms with Crippen molar-refractivity contribution in [1.29, 1.82) is 0 Å². The molecule has 1 unspecified atom stereocenters. The number of hydrogen-bond acceptors (Lipinski definition) is 6. The van der Waals surface area contributed by atoms with Gasteiger partial charge in [-0.15, -0.1) is 0 Å². The van der Waals surface area contributed by atoms with E-state index in [4.69, 9.17) is 14.3 Å². The zero-order valence-electron chi connectivity index (χ0n) is 17.2. The number of methoxy groups -OCH3 is 1. The van der Waals surface area contributed by atoms with E-state index in [9.17, 15) is 9.90 Å². The molecule has 1 saturated carbocycles. The summed E-state index contributed by atoms with van der Waals surface area (Å²) in [6.07, 6.45) is 5.47. The zero-order valence-corrected chi connectivity index (χ0v) is 17.2. The van der Waals surface area contributed by atoms with Gasteiger partial charge in [0, 0.05) is 17.3 Å². The van der Waals surface area contributed by atoms with Crippen molar-refractivity contribution in [2.24, 2.45) is 11.1 Å². The summed E-state index contributed by atoms with van der Waals surface area (Å²) >= 11 is 0. The average molecular weight is 410 g/mol. The van der Waals surface area contributed by atoms with Crippen LogP contribution in [0.25, 0.3) is 5.57 Å². The third-order valence-electron chi connectivity index (χ3n) is 4.72. The Hall–Kier alpha value is -3.35. The molecular formula is C23H26N2O5. The van der Waals surface area contributed by atoms with E-state index in [0.717, 1.165) is 18.5 Å². The number of aliphatic carboxylic acids is 1. The van der Waals surface area contributed by atoms with Crippen LogP contribution in [-0.2, 0) is 19.1 Å². The number of pyridine rings is 1. The molecule has 1 heterocycles. The number of hydrogen-bond donors (Lipinski definition) is 1. The maximum absolute atomic E-state index is 11.8. The van der Waals surface area contributed by atoms with Gasteiger partial charge in [0.25, 0.3) is 5.90 Å². The van der Waals surface area contributed by atoms with Crippen molar-refractivity contribution in [1.82, 2.24) is 4.98 Å². The van der Waals surface area contributed by atoms with Gasteiger partial charge in [-0.05, 0) is 48.5 Å². The molecule has 0 bridgehead atoms. The molecule has 1 N–H and O–H groups in total. The minimum atomic E-state index is -1.10. The van der Waals surface area contributed by atoms with Crippen LogP contribution in [0.2, 0.25) is 0 Å². The molecule has 0 spiro atoms.